The molecule has 0 spiro atoms. The first-order chi connectivity index (χ1) is 22.3. The minimum atomic E-state index is -1.06. The standard InChI is InChI=1S/C36H41N5O4S/c1-23-14-19-29(24(2)22-23)41(36(44)33-30(37)31(40-46-33)34(42)39-27-12-8-5-9-13-27)32(26-15-17-28(45-3)18-16-26)35(43)38-21-20-25-10-6-4-7-11-25/h4,6-7,10-11,14-19,22,27,32H,5,8-9,12-13,20-21,37H2,1-3H3,(H,38,43)(H,39,42). The summed E-state index contributed by atoms with van der Waals surface area (Å²) < 4.78 is 9.71. The maximum atomic E-state index is 14.6. The first-order valence-electron chi connectivity index (χ1n) is 15.7. The fourth-order valence-electron chi connectivity index (χ4n) is 5.94. The fraction of sp³-hybridized carbons (Fsp3) is 0.333. The van der Waals surface area contributed by atoms with E-state index in [0.29, 0.717) is 30.0 Å². The molecule has 3 amide bonds. The van der Waals surface area contributed by atoms with Crippen LogP contribution >= 0.6 is 11.5 Å². The molecule has 240 valence electrons. The molecule has 9 nitrogen and oxygen atoms in total. The monoisotopic (exact) mass is 639 g/mol. The summed E-state index contributed by atoms with van der Waals surface area (Å²) in [6, 6.07) is 21.7. The molecule has 1 aliphatic carbocycles. The summed E-state index contributed by atoms with van der Waals surface area (Å²) in [6.07, 6.45) is 5.72. The van der Waals surface area contributed by atoms with E-state index in [9.17, 15) is 14.4 Å². The maximum absolute atomic E-state index is 14.6. The second-order valence-corrected chi connectivity index (χ2v) is 12.5. The van der Waals surface area contributed by atoms with Gasteiger partial charge in [0.25, 0.3) is 11.8 Å². The van der Waals surface area contributed by atoms with E-state index < -0.39 is 11.9 Å². The van der Waals surface area contributed by atoms with Crippen molar-refractivity contribution in [2.24, 2.45) is 0 Å². The van der Waals surface area contributed by atoms with E-state index in [0.717, 1.165) is 60.3 Å². The smallest absolute Gasteiger partial charge is 0.273 e. The van der Waals surface area contributed by atoms with Gasteiger partial charge in [-0.25, -0.2) is 0 Å². The highest BCUT2D eigenvalue weighted by atomic mass is 32.1. The Kier molecular flexibility index (Phi) is 10.7. The number of nitrogens with two attached hydrogens (primary N) is 1. The molecule has 4 N–H and O–H groups in total. The summed E-state index contributed by atoms with van der Waals surface area (Å²) in [5, 5.41) is 6.10. The molecule has 0 saturated heterocycles. The Morgan fingerprint density at radius 3 is 2.39 bits per heavy atom. The summed E-state index contributed by atoms with van der Waals surface area (Å²) in [5.74, 6) is -0.634. The van der Waals surface area contributed by atoms with Crippen molar-refractivity contribution in [3.05, 3.63) is 106 Å². The molecule has 5 rings (SSSR count). The van der Waals surface area contributed by atoms with Gasteiger partial charge in [0.15, 0.2) is 5.69 Å². The van der Waals surface area contributed by atoms with Gasteiger partial charge in [0.05, 0.1) is 12.8 Å². The third-order valence-corrected chi connectivity index (χ3v) is 9.25. The number of amides is 3. The lowest BCUT2D eigenvalue weighted by Gasteiger charge is -2.32. The molecule has 0 aliphatic heterocycles. The maximum Gasteiger partial charge on any atom is 0.273 e. The molecule has 1 saturated carbocycles. The number of nitrogens with zero attached hydrogens (tertiary/aromatic N) is 2. The van der Waals surface area contributed by atoms with Gasteiger partial charge in [-0.3, -0.25) is 19.3 Å². The Bertz CT molecular complexity index is 1670. The van der Waals surface area contributed by atoms with E-state index in [1.54, 1.807) is 31.4 Å². The molecular weight excluding hydrogens is 598 g/mol. The van der Waals surface area contributed by atoms with Gasteiger partial charge in [-0.1, -0.05) is 79.4 Å². The molecule has 3 aromatic carbocycles. The van der Waals surface area contributed by atoms with Crippen molar-refractivity contribution in [1.29, 1.82) is 0 Å². The highest BCUT2D eigenvalue weighted by Gasteiger charge is 2.37. The van der Waals surface area contributed by atoms with E-state index >= 15 is 0 Å². The molecule has 1 aliphatic rings. The molecular formula is C36H41N5O4S. The number of hydrogen-bond acceptors (Lipinski definition) is 7. The predicted molar refractivity (Wildman–Crippen MR) is 182 cm³/mol. The van der Waals surface area contributed by atoms with Crippen LogP contribution in [0.3, 0.4) is 0 Å². The minimum absolute atomic E-state index is 0.0102. The Morgan fingerprint density at radius 2 is 1.72 bits per heavy atom. The zero-order valence-electron chi connectivity index (χ0n) is 26.5. The lowest BCUT2D eigenvalue weighted by Crippen LogP contribution is -2.44. The number of ether oxygens (including phenoxy) is 1. The molecule has 0 radical (unpaired) electrons. The first-order valence-corrected chi connectivity index (χ1v) is 16.5. The summed E-state index contributed by atoms with van der Waals surface area (Å²) in [7, 11) is 1.57. The number of rotatable bonds is 11. The summed E-state index contributed by atoms with van der Waals surface area (Å²) in [6.45, 7) is 4.25. The van der Waals surface area contributed by atoms with Gasteiger partial charge in [0.2, 0.25) is 5.91 Å². The molecule has 0 bridgehead atoms. The summed E-state index contributed by atoms with van der Waals surface area (Å²) in [5.41, 5.74) is 10.6. The first kappa shape index (κ1) is 32.7. The van der Waals surface area contributed by atoms with Crippen LogP contribution < -0.4 is 26.0 Å². The van der Waals surface area contributed by atoms with Gasteiger partial charge < -0.3 is 21.1 Å². The number of anilines is 2. The highest BCUT2D eigenvalue weighted by molar-refractivity contribution is 7.09. The summed E-state index contributed by atoms with van der Waals surface area (Å²) >= 11 is 0.873. The topological polar surface area (TPSA) is 127 Å². The second kappa shape index (κ2) is 15.1. The lowest BCUT2D eigenvalue weighted by atomic mass is 9.95. The quantitative estimate of drug-likeness (QED) is 0.180. The van der Waals surface area contributed by atoms with Crippen molar-refractivity contribution in [2.75, 3.05) is 24.3 Å². The number of aromatic nitrogens is 1. The van der Waals surface area contributed by atoms with E-state index in [4.69, 9.17) is 10.5 Å². The van der Waals surface area contributed by atoms with Crippen LogP contribution in [0, 0.1) is 13.8 Å². The van der Waals surface area contributed by atoms with Gasteiger partial charge in [0.1, 0.15) is 16.7 Å². The van der Waals surface area contributed by atoms with Crippen LogP contribution in [-0.2, 0) is 11.2 Å². The number of nitrogen functional groups attached to an aromatic ring is 1. The number of methoxy groups -OCH3 is 1. The van der Waals surface area contributed by atoms with Crippen LogP contribution in [0.5, 0.6) is 5.75 Å². The van der Waals surface area contributed by atoms with Crippen LogP contribution in [0.1, 0.15) is 80.6 Å². The van der Waals surface area contributed by atoms with E-state index in [-0.39, 0.29) is 34.1 Å². The fourth-order valence-corrected chi connectivity index (χ4v) is 6.68. The van der Waals surface area contributed by atoms with Crippen LogP contribution in [-0.4, -0.2) is 41.8 Å². The van der Waals surface area contributed by atoms with Crippen molar-refractivity contribution in [3.63, 3.8) is 0 Å². The predicted octanol–water partition coefficient (Wildman–Crippen LogP) is 6.16. The van der Waals surface area contributed by atoms with Crippen LogP contribution in [0.4, 0.5) is 11.4 Å². The third-order valence-electron chi connectivity index (χ3n) is 8.40. The van der Waals surface area contributed by atoms with Gasteiger partial charge in [-0.15, -0.1) is 0 Å². The SMILES string of the molecule is COc1ccc(C(C(=O)NCCc2ccccc2)N(C(=O)c2snc(C(=O)NC3CCCCC3)c2N)c2ccc(C)cc2C)cc1. The number of benzene rings is 3. The van der Waals surface area contributed by atoms with Crippen LogP contribution in [0.15, 0.2) is 72.8 Å². The molecule has 10 heteroatoms. The molecule has 1 heterocycles. The Labute approximate surface area is 274 Å². The summed E-state index contributed by atoms with van der Waals surface area (Å²) in [4.78, 5) is 43.6. The van der Waals surface area contributed by atoms with Gasteiger partial charge in [-0.05, 0) is 79.5 Å². The lowest BCUT2D eigenvalue weighted by molar-refractivity contribution is -0.122. The molecule has 1 aromatic heterocycles. The van der Waals surface area contributed by atoms with Crippen molar-refractivity contribution in [2.45, 2.75) is 64.5 Å². The van der Waals surface area contributed by atoms with Crippen LogP contribution in [0.2, 0.25) is 0 Å². The number of carbonyl (C=O) groups excluding carboxylic acids is 3. The minimum Gasteiger partial charge on any atom is -0.497 e. The normalized spacial score (nSPS) is 13.9. The van der Waals surface area contributed by atoms with Crippen molar-refractivity contribution < 1.29 is 19.1 Å². The molecule has 4 aromatic rings. The van der Waals surface area contributed by atoms with E-state index in [1.165, 1.54) is 4.90 Å². The average Bonchev–Trinajstić information content (AvgIpc) is 3.46. The Hall–Kier alpha value is -4.70. The molecule has 1 fully saturated rings. The number of carbonyl (C=O) groups is 3. The largest absolute Gasteiger partial charge is 0.497 e. The van der Waals surface area contributed by atoms with Crippen molar-refractivity contribution >= 4 is 40.6 Å². The van der Waals surface area contributed by atoms with Gasteiger partial charge >= 0.3 is 0 Å². The van der Waals surface area contributed by atoms with Gasteiger partial charge in [-0.2, -0.15) is 4.37 Å². The zero-order valence-corrected chi connectivity index (χ0v) is 27.4. The average molecular weight is 640 g/mol. The Morgan fingerprint density at radius 1 is 1.00 bits per heavy atom. The van der Waals surface area contributed by atoms with Gasteiger partial charge in [0, 0.05) is 18.3 Å². The van der Waals surface area contributed by atoms with Crippen molar-refractivity contribution in [3.8, 4) is 5.75 Å². The molecule has 1 atom stereocenters. The number of aryl methyl sites for hydroxylation is 2. The van der Waals surface area contributed by atoms with Crippen molar-refractivity contribution in [1.82, 2.24) is 15.0 Å². The van der Waals surface area contributed by atoms with E-state index in [1.807, 2.05) is 62.4 Å². The van der Waals surface area contributed by atoms with Crippen LogP contribution in [0.25, 0.3) is 0 Å². The molecule has 46 heavy (non-hydrogen) atoms. The highest BCUT2D eigenvalue weighted by Crippen LogP contribution is 2.36. The Balaban J connectivity index is 1.52. The van der Waals surface area contributed by atoms with E-state index in [2.05, 4.69) is 15.0 Å². The molecule has 1 unspecified atom stereocenters. The second-order valence-electron chi connectivity index (χ2n) is 11.7. The zero-order chi connectivity index (χ0) is 32.6. The number of nitrogens with one attached hydrogen (secondary N) is 2. The number of hydrogen-bond donors (Lipinski definition) is 3. The third kappa shape index (κ3) is 7.56.